The van der Waals surface area contributed by atoms with Crippen molar-refractivity contribution in [2.24, 2.45) is 5.41 Å². The van der Waals surface area contributed by atoms with E-state index in [-0.39, 0.29) is 81.1 Å². The second-order valence-electron chi connectivity index (χ2n) is 20.2. The monoisotopic (exact) mass is 1060 g/mol. The molecule has 1 aliphatic rings. The highest BCUT2D eigenvalue weighted by Gasteiger charge is 2.45. The summed E-state index contributed by atoms with van der Waals surface area (Å²) in [5, 5.41) is 17.1. The highest BCUT2D eigenvalue weighted by Crippen LogP contribution is 2.32. The number of ether oxygens (including phenoxy) is 4. The lowest BCUT2D eigenvalue weighted by Gasteiger charge is -2.36. The van der Waals surface area contributed by atoms with Crippen molar-refractivity contribution in [1.82, 2.24) is 50.5 Å². The van der Waals surface area contributed by atoms with Crippen LogP contribution in [-0.4, -0.2) is 149 Å². The Morgan fingerprint density at radius 2 is 1.52 bits per heavy atom. The molecular weight excluding hydrogens is 988 g/mol. The van der Waals surface area contributed by atoms with Gasteiger partial charge in [0.25, 0.3) is 0 Å². The number of halogens is 1. The molecule has 77 heavy (non-hydrogen) atoms. The first-order valence-corrected chi connectivity index (χ1v) is 26.3. The summed E-state index contributed by atoms with van der Waals surface area (Å²) in [5.41, 5.74) is 5.38. The van der Waals surface area contributed by atoms with Gasteiger partial charge in [-0.15, -0.1) is 0 Å². The van der Waals surface area contributed by atoms with Gasteiger partial charge in [-0.05, 0) is 67.6 Å². The lowest BCUT2D eigenvalue weighted by Crippen LogP contribution is -2.59. The maximum atomic E-state index is 14.3. The predicted octanol–water partition coefficient (Wildman–Crippen LogP) is 6.06. The van der Waals surface area contributed by atoms with Crippen LogP contribution in [0.25, 0.3) is 33.3 Å². The number of pyridine rings is 1. The van der Waals surface area contributed by atoms with Crippen LogP contribution in [0, 0.1) is 11.2 Å². The van der Waals surface area contributed by atoms with Gasteiger partial charge in [-0.25, -0.2) is 14.1 Å². The van der Waals surface area contributed by atoms with E-state index in [4.69, 9.17) is 18.9 Å². The Balaban J connectivity index is 0.760. The fourth-order valence-electron chi connectivity index (χ4n) is 9.07. The number of benzene rings is 2. The summed E-state index contributed by atoms with van der Waals surface area (Å²) < 4.78 is 39.5. The Kier molecular flexibility index (Phi) is 20.8. The van der Waals surface area contributed by atoms with Crippen molar-refractivity contribution >= 4 is 40.6 Å². The van der Waals surface area contributed by atoms with Gasteiger partial charge in [0.2, 0.25) is 29.5 Å². The van der Waals surface area contributed by atoms with E-state index < -0.39 is 35.5 Å². The second-order valence-corrected chi connectivity index (χ2v) is 20.2. The molecule has 7 rings (SSSR count). The van der Waals surface area contributed by atoms with Gasteiger partial charge in [0.15, 0.2) is 0 Å². The van der Waals surface area contributed by atoms with Crippen LogP contribution in [0.1, 0.15) is 82.3 Å². The molecular formula is C57H73FN10O9. The Hall–Kier alpha value is -7.10. The average molecular weight is 1060 g/mol. The number of amides is 4. The number of rotatable bonds is 28. The zero-order chi connectivity index (χ0) is 54.9. The van der Waals surface area contributed by atoms with Crippen molar-refractivity contribution < 1.29 is 47.3 Å². The molecule has 4 aromatic heterocycles. The minimum Gasteiger partial charge on any atom is -0.379 e. The van der Waals surface area contributed by atoms with Crippen LogP contribution in [0.5, 0.6) is 0 Å². The molecule has 4 amide bonds. The predicted molar refractivity (Wildman–Crippen MR) is 289 cm³/mol. The zero-order valence-corrected chi connectivity index (χ0v) is 44.9. The van der Waals surface area contributed by atoms with Gasteiger partial charge in [-0.1, -0.05) is 70.2 Å². The molecule has 0 spiro atoms. The third kappa shape index (κ3) is 16.2. The molecule has 1 saturated heterocycles. The summed E-state index contributed by atoms with van der Waals surface area (Å²) in [6.07, 6.45) is 12.0. The maximum Gasteiger partial charge on any atom is 0.249 e. The first-order chi connectivity index (χ1) is 37.1. The number of likely N-dealkylation sites (N-methyl/N-ethyl adjacent to an activating group) is 1. The van der Waals surface area contributed by atoms with Crippen molar-refractivity contribution in [3.05, 3.63) is 121 Å². The van der Waals surface area contributed by atoms with Gasteiger partial charge >= 0.3 is 0 Å². The molecule has 0 radical (unpaired) electrons. The smallest absolute Gasteiger partial charge is 0.249 e. The van der Waals surface area contributed by atoms with Crippen molar-refractivity contribution in [3.63, 3.8) is 0 Å². The molecule has 0 saturated carbocycles. The van der Waals surface area contributed by atoms with Crippen molar-refractivity contribution in [2.45, 2.75) is 97.1 Å². The highest BCUT2D eigenvalue weighted by atomic mass is 19.1. The average Bonchev–Trinajstić information content (AvgIpc) is 4.28. The molecule has 19 nitrogen and oxygen atoms in total. The molecule has 6 aromatic rings. The number of fused-ring (bicyclic) bond motifs is 1. The summed E-state index contributed by atoms with van der Waals surface area (Å²) in [6.45, 7) is 12.1. The fraction of sp³-hybridized carbons (Fsp3) is 0.456. The first kappa shape index (κ1) is 57.6. The summed E-state index contributed by atoms with van der Waals surface area (Å²) in [7, 11) is 1.66. The number of nitrogens with zero attached hydrogens (tertiary/aromatic N) is 5. The third-order valence-electron chi connectivity index (χ3n) is 13.5. The maximum absolute atomic E-state index is 14.3. The van der Waals surface area contributed by atoms with Crippen LogP contribution in [0.2, 0.25) is 0 Å². The Labute approximate surface area is 448 Å². The van der Waals surface area contributed by atoms with E-state index in [0.717, 1.165) is 44.4 Å². The molecule has 2 aromatic carbocycles. The highest BCUT2D eigenvalue weighted by molar-refractivity contribution is 5.96. The van der Waals surface area contributed by atoms with Crippen LogP contribution in [-0.2, 0) is 44.7 Å². The fourth-order valence-corrected chi connectivity index (χ4v) is 9.07. The van der Waals surface area contributed by atoms with Gasteiger partial charge in [0.1, 0.15) is 23.5 Å². The molecule has 0 bridgehead atoms. The quantitative estimate of drug-likeness (QED) is 0.0354. The van der Waals surface area contributed by atoms with Crippen molar-refractivity contribution in [2.75, 3.05) is 66.4 Å². The number of carbonyl (C=O) groups is 5. The van der Waals surface area contributed by atoms with Gasteiger partial charge < -0.3 is 54.7 Å². The van der Waals surface area contributed by atoms with Crippen LogP contribution < -0.4 is 21.3 Å². The molecule has 0 aliphatic carbocycles. The summed E-state index contributed by atoms with van der Waals surface area (Å²) >= 11 is 0. The van der Waals surface area contributed by atoms with E-state index in [0.29, 0.717) is 46.0 Å². The molecule has 1 aliphatic heterocycles. The van der Waals surface area contributed by atoms with E-state index in [1.807, 2.05) is 99.4 Å². The second kappa shape index (κ2) is 27.8. The number of aromatic amines is 1. The molecule has 1 fully saturated rings. The number of nitrogens with one attached hydrogen (secondary N) is 5. The number of hydrogen-bond donors (Lipinski definition) is 5. The van der Waals surface area contributed by atoms with Gasteiger partial charge in [-0.2, -0.15) is 5.10 Å². The molecule has 5 N–H and O–H groups in total. The number of aromatic nitrogens is 5. The summed E-state index contributed by atoms with van der Waals surface area (Å²) in [6, 6.07) is 17.1. The normalized spacial score (nSPS) is 15.8. The van der Waals surface area contributed by atoms with E-state index in [1.54, 1.807) is 38.6 Å². The van der Waals surface area contributed by atoms with Crippen molar-refractivity contribution in [3.8, 4) is 22.3 Å². The van der Waals surface area contributed by atoms with Crippen LogP contribution in [0.3, 0.4) is 0 Å². The number of H-pyrrole nitrogens is 1. The Morgan fingerprint density at radius 3 is 2.19 bits per heavy atom. The SMILES string of the molecule is CC[C@@H](NC(=O)[C@@H]1C[C@H](NC(=O)CCOCCOCCOCCOCCC(=O)n2cc(-c3cnc4[nH]cc(-c5ccn(Cc6cccc(F)c6)c5)c4c3)cn2)CN1C(=O)[C@@H](NC(=O)[C@H](C)NC)C(C)(C)C)c1ccccc1. The van der Waals surface area contributed by atoms with E-state index in [2.05, 4.69) is 36.3 Å². The topological polar surface area (TPSA) is 225 Å². The van der Waals surface area contributed by atoms with E-state index in [1.165, 1.54) is 21.7 Å². The minimum atomic E-state index is -0.926. The largest absolute Gasteiger partial charge is 0.379 e. The van der Waals surface area contributed by atoms with Gasteiger partial charge in [-0.3, -0.25) is 24.0 Å². The van der Waals surface area contributed by atoms with E-state index >= 15 is 0 Å². The summed E-state index contributed by atoms with van der Waals surface area (Å²) in [4.78, 5) is 76.7. The number of carbonyl (C=O) groups excluding carboxylic acids is 5. The molecule has 5 heterocycles. The molecule has 20 heteroatoms. The first-order valence-electron chi connectivity index (χ1n) is 26.3. The Morgan fingerprint density at radius 1 is 0.818 bits per heavy atom. The lowest BCUT2D eigenvalue weighted by molar-refractivity contribution is -0.144. The minimum absolute atomic E-state index is 0.0668. The molecule has 0 unspecified atom stereocenters. The number of hydrogen-bond acceptors (Lipinski definition) is 12. The van der Waals surface area contributed by atoms with E-state index in [9.17, 15) is 28.4 Å². The third-order valence-corrected chi connectivity index (χ3v) is 13.5. The molecule has 412 valence electrons. The number of likely N-dealkylation sites (tertiary alicyclic amines) is 1. The lowest BCUT2D eigenvalue weighted by atomic mass is 9.85. The zero-order valence-electron chi connectivity index (χ0n) is 44.9. The van der Waals surface area contributed by atoms with Gasteiger partial charge in [0, 0.05) is 84.2 Å². The standard InChI is InChI=1S/C57H73FN10O9/c1-7-48(40-13-9-8-10-14-40)64-55(72)49-30-45(37-67(49)56(73)52(57(3,4)5)65-54(71)38(2)59-6)63-50(69)17-20-74-22-24-76-26-27-77-25-23-75-21-18-51(70)68-36-43(32-62-68)42-29-46-47(33-61-53(46)60-31-42)41-16-19-66(35-41)34-39-12-11-15-44(58)28-39/h8-16,19,28-29,31-33,35-36,38,45,48-49,52,59H,7,17-18,20-27,30,34,37H2,1-6H3,(H,60,61)(H,63,69)(H,64,72)(H,65,71)/t38-,45-,48+,49-,52+/m0/s1. The van der Waals surface area contributed by atoms with Crippen molar-refractivity contribution in [1.29, 1.82) is 0 Å². The van der Waals surface area contributed by atoms with Crippen LogP contribution in [0.15, 0.2) is 104 Å². The Bertz CT molecular complexity index is 2900. The van der Waals surface area contributed by atoms with Crippen LogP contribution >= 0.6 is 0 Å². The molecule has 5 atom stereocenters. The summed E-state index contributed by atoms with van der Waals surface area (Å²) in [5.74, 6) is -1.82. The van der Waals surface area contributed by atoms with Gasteiger partial charge in [0.05, 0.1) is 77.6 Å². The van der Waals surface area contributed by atoms with Crippen LogP contribution in [0.4, 0.5) is 4.39 Å².